The molecule has 22 heavy (non-hydrogen) atoms. The monoisotopic (exact) mass is 301 g/mol. The van der Waals surface area contributed by atoms with Crippen molar-refractivity contribution in [1.82, 2.24) is 14.7 Å². The first-order valence-corrected chi connectivity index (χ1v) is 8.19. The lowest BCUT2D eigenvalue weighted by Gasteiger charge is -2.24. The van der Waals surface area contributed by atoms with Gasteiger partial charge in [0.2, 0.25) is 0 Å². The van der Waals surface area contributed by atoms with Crippen LogP contribution in [0.3, 0.4) is 0 Å². The van der Waals surface area contributed by atoms with Gasteiger partial charge in [-0.2, -0.15) is 0 Å². The van der Waals surface area contributed by atoms with Crippen molar-refractivity contribution in [2.24, 2.45) is 5.41 Å². The molecule has 1 aromatic rings. The zero-order chi connectivity index (χ0) is 15.7. The average Bonchev–Trinajstić information content (AvgIpc) is 3.05. The van der Waals surface area contributed by atoms with Crippen molar-refractivity contribution in [2.75, 3.05) is 47.3 Å². The molecule has 0 radical (unpaired) electrons. The molecule has 4 nitrogen and oxygen atoms in total. The van der Waals surface area contributed by atoms with Gasteiger partial charge in [0, 0.05) is 37.2 Å². The van der Waals surface area contributed by atoms with Crippen molar-refractivity contribution < 1.29 is 4.79 Å². The Kier molecular flexibility index (Phi) is 4.24. The molecule has 1 amide bonds. The van der Waals surface area contributed by atoms with E-state index in [2.05, 4.69) is 41.9 Å². The van der Waals surface area contributed by atoms with Crippen LogP contribution in [0.1, 0.15) is 28.8 Å². The summed E-state index contributed by atoms with van der Waals surface area (Å²) in [6, 6.07) is 8.09. The highest BCUT2D eigenvalue weighted by molar-refractivity contribution is 5.94. The van der Waals surface area contributed by atoms with E-state index in [0.29, 0.717) is 5.41 Å². The van der Waals surface area contributed by atoms with Crippen LogP contribution in [0.2, 0.25) is 0 Å². The summed E-state index contributed by atoms with van der Waals surface area (Å²) in [6.07, 6.45) is 2.38. The molecule has 120 valence electrons. The van der Waals surface area contributed by atoms with Crippen molar-refractivity contribution in [1.29, 1.82) is 0 Å². The van der Waals surface area contributed by atoms with Crippen LogP contribution >= 0.6 is 0 Å². The van der Waals surface area contributed by atoms with E-state index in [1.165, 1.54) is 18.5 Å². The standard InChI is InChI=1S/C18H27N3O/c1-19(2)12-15-5-4-6-16(11-15)17(22)21-10-8-18(14-21)7-9-20(3)13-18/h4-6,11H,7-10,12-14H2,1-3H3/t18-/m0/s1. The van der Waals surface area contributed by atoms with E-state index < -0.39 is 0 Å². The molecule has 0 saturated carbocycles. The Morgan fingerprint density at radius 1 is 1.23 bits per heavy atom. The SMILES string of the molecule is CN(C)Cc1cccc(C(=O)N2CC[C@]3(CCN(C)C3)C2)c1. The maximum Gasteiger partial charge on any atom is 0.253 e. The second-order valence-corrected chi connectivity index (χ2v) is 7.40. The molecule has 1 aromatic carbocycles. The predicted molar refractivity (Wildman–Crippen MR) is 88.9 cm³/mol. The molecule has 1 spiro atoms. The molecule has 2 saturated heterocycles. The predicted octanol–water partition coefficient (Wildman–Crippen LogP) is 1.92. The second-order valence-electron chi connectivity index (χ2n) is 7.40. The van der Waals surface area contributed by atoms with E-state index in [1.54, 1.807) is 0 Å². The quantitative estimate of drug-likeness (QED) is 0.853. The zero-order valence-electron chi connectivity index (χ0n) is 14.0. The first-order valence-electron chi connectivity index (χ1n) is 8.19. The number of amides is 1. The first-order chi connectivity index (χ1) is 10.5. The minimum atomic E-state index is 0.201. The summed E-state index contributed by atoms with van der Waals surface area (Å²) in [5.41, 5.74) is 2.39. The second kappa shape index (κ2) is 6.01. The van der Waals surface area contributed by atoms with Gasteiger partial charge < -0.3 is 14.7 Å². The molecule has 0 aliphatic carbocycles. The summed E-state index contributed by atoms with van der Waals surface area (Å²) in [6.45, 7) is 5.01. The summed E-state index contributed by atoms with van der Waals surface area (Å²) in [5, 5.41) is 0. The molecule has 2 aliphatic heterocycles. The largest absolute Gasteiger partial charge is 0.338 e. The lowest BCUT2D eigenvalue weighted by atomic mass is 9.86. The fraction of sp³-hybridized carbons (Fsp3) is 0.611. The molecule has 1 atom stereocenters. The van der Waals surface area contributed by atoms with E-state index in [4.69, 9.17) is 0 Å². The molecule has 3 rings (SSSR count). The van der Waals surface area contributed by atoms with Gasteiger partial charge in [0.05, 0.1) is 0 Å². The summed E-state index contributed by atoms with van der Waals surface area (Å²) in [4.78, 5) is 19.4. The van der Waals surface area contributed by atoms with Crippen LogP contribution in [-0.2, 0) is 6.54 Å². The third-order valence-corrected chi connectivity index (χ3v) is 5.03. The van der Waals surface area contributed by atoms with E-state index >= 15 is 0 Å². The minimum absolute atomic E-state index is 0.201. The minimum Gasteiger partial charge on any atom is -0.338 e. The van der Waals surface area contributed by atoms with Gasteiger partial charge in [0.15, 0.2) is 0 Å². The van der Waals surface area contributed by atoms with Gasteiger partial charge in [-0.25, -0.2) is 0 Å². The van der Waals surface area contributed by atoms with E-state index in [0.717, 1.165) is 38.2 Å². The van der Waals surface area contributed by atoms with Crippen LogP contribution in [-0.4, -0.2) is 67.9 Å². The van der Waals surface area contributed by atoms with Crippen molar-refractivity contribution in [3.8, 4) is 0 Å². The molecular formula is C18H27N3O. The highest BCUT2D eigenvalue weighted by atomic mass is 16.2. The Balaban J connectivity index is 1.70. The van der Waals surface area contributed by atoms with Gasteiger partial charge in [0.1, 0.15) is 0 Å². The molecule has 2 aliphatic rings. The van der Waals surface area contributed by atoms with Gasteiger partial charge >= 0.3 is 0 Å². The van der Waals surface area contributed by atoms with E-state index in [1.807, 2.05) is 18.2 Å². The summed E-state index contributed by atoms with van der Waals surface area (Å²) in [7, 11) is 6.29. The summed E-state index contributed by atoms with van der Waals surface area (Å²) >= 11 is 0. The lowest BCUT2D eigenvalue weighted by Crippen LogP contribution is -2.33. The Bertz CT molecular complexity index is 557. The number of likely N-dealkylation sites (tertiary alicyclic amines) is 2. The van der Waals surface area contributed by atoms with Crippen molar-refractivity contribution in [3.63, 3.8) is 0 Å². The molecule has 2 fully saturated rings. The van der Waals surface area contributed by atoms with Gasteiger partial charge in [-0.15, -0.1) is 0 Å². The van der Waals surface area contributed by atoms with E-state index in [9.17, 15) is 4.79 Å². The Hall–Kier alpha value is -1.39. The number of benzene rings is 1. The molecule has 0 aromatic heterocycles. The number of rotatable bonds is 3. The van der Waals surface area contributed by atoms with Crippen molar-refractivity contribution >= 4 is 5.91 Å². The van der Waals surface area contributed by atoms with Crippen LogP contribution in [0, 0.1) is 5.41 Å². The normalized spacial score (nSPS) is 25.5. The van der Waals surface area contributed by atoms with Crippen molar-refractivity contribution in [2.45, 2.75) is 19.4 Å². The molecule has 2 heterocycles. The number of hydrogen-bond donors (Lipinski definition) is 0. The zero-order valence-corrected chi connectivity index (χ0v) is 14.0. The van der Waals surface area contributed by atoms with Gasteiger partial charge in [0.25, 0.3) is 5.91 Å². The maximum absolute atomic E-state index is 12.8. The highest BCUT2D eigenvalue weighted by Gasteiger charge is 2.43. The molecular weight excluding hydrogens is 274 g/mol. The first kappa shape index (κ1) is 15.5. The fourth-order valence-electron chi connectivity index (χ4n) is 3.95. The van der Waals surface area contributed by atoms with Crippen LogP contribution in [0.15, 0.2) is 24.3 Å². The summed E-state index contributed by atoms with van der Waals surface area (Å²) < 4.78 is 0. The van der Waals surface area contributed by atoms with Crippen molar-refractivity contribution in [3.05, 3.63) is 35.4 Å². The Morgan fingerprint density at radius 3 is 2.68 bits per heavy atom. The van der Waals surface area contributed by atoms with E-state index in [-0.39, 0.29) is 5.91 Å². The number of carbonyl (C=O) groups is 1. The van der Waals surface area contributed by atoms with Crippen LogP contribution in [0.25, 0.3) is 0 Å². The Labute approximate surface area is 133 Å². The van der Waals surface area contributed by atoms with Crippen LogP contribution in [0.4, 0.5) is 0 Å². The number of hydrogen-bond acceptors (Lipinski definition) is 3. The Morgan fingerprint density at radius 2 is 2.00 bits per heavy atom. The average molecular weight is 301 g/mol. The van der Waals surface area contributed by atoms with Crippen LogP contribution in [0.5, 0.6) is 0 Å². The maximum atomic E-state index is 12.8. The number of nitrogens with zero attached hydrogens (tertiary/aromatic N) is 3. The fourth-order valence-corrected chi connectivity index (χ4v) is 3.95. The number of carbonyl (C=O) groups excluding carboxylic acids is 1. The van der Waals surface area contributed by atoms with Crippen LogP contribution < -0.4 is 0 Å². The third-order valence-electron chi connectivity index (χ3n) is 5.03. The topological polar surface area (TPSA) is 26.8 Å². The smallest absolute Gasteiger partial charge is 0.253 e. The van der Waals surface area contributed by atoms with Gasteiger partial charge in [-0.3, -0.25) is 4.79 Å². The molecule has 0 unspecified atom stereocenters. The molecule has 4 heteroatoms. The lowest BCUT2D eigenvalue weighted by molar-refractivity contribution is 0.0773. The molecule has 0 bridgehead atoms. The third kappa shape index (κ3) is 3.18. The van der Waals surface area contributed by atoms with Gasteiger partial charge in [-0.1, -0.05) is 12.1 Å². The van der Waals surface area contributed by atoms with Gasteiger partial charge in [-0.05, 0) is 58.2 Å². The molecule has 0 N–H and O–H groups in total. The summed E-state index contributed by atoms with van der Waals surface area (Å²) in [5.74, 6) is 0.201. The highest BCUT2D eigenvalue weighted by Crippen LogP contribution is 2.39.